The van der Waals surface area contributed by atoms with Crippen LogP contribution in [0.5, 0.6) is 0 Å². The number of nitrogens with two attached hydrogens (primary N) is 1. The molecule has 16 heavy (non-hydrogen) atoms. The largest absolute Gasteiger partial charge is 0.324 e. The minimum Gasteiger partial charge on any atom is -0.324 e. The van der Waals surface area contributed by atoms with Crippen molar-refractivity contribution in [2.45, 2.75) is 26.3 Å². The third-order valence-corrected chi connectivity index (χ3v) is 3.74. The molecule has 0 aliphatic rings. The van der Waals surface area contributed by atoms with Crippen molar-refractivity contribution < 1.29 is 8.42 Å². The number of benzene rings is 1. The molecule has 90 valence electrons. The molecule has 0 amide bonds. The predicted molar refractivity (Wildman–Crippen MR) is 67.2 cm³/mol. The van der Waals surface area contributed by atoms with Crippen molar-refractivity contribution >= 4 is 9.84 Å². The number of hydrogen-bond acceptors (Lipinski definition) is 3. The molecular formula is C12H19NO2S. The second kappa shape index (κ2) is 4.97. The van der Waals surface area contributed by atoms with Crippen molar-refractivity contribution in [1.29, 1.82) is 0 Å². The highest BCUT2D eigenvalue weighted by Crippen LogP contribution is 2.18. The van der Waals surface area contributed by atoms with Gasteiger partial charge in [-0.2, -0.15) is 0 Å². The number of sulfone groups is 1. The van der Waals surface area contributed by atoms with E-state index in [1.54, 1.807) is 0 Å². The van der Waals surface area contributed by atoms with Crippen LogP contribution < -0.4 is 5.73 Å². The molecule has 1 aromatic rings. The van der Waals surface area contributed by atoms with Gasteiger partial charge in [0.25, 0.3) is 0 Å². The van der Waals surface area contributed by atoms with Crippen molar-refractivity contribution in [3.05, 3.63) is 34.9 Å². The first-order chi connectivity index (χ1) is 7.29. The smallest absolute Gasteiger partial charge is 0.147 e. The van der Waals surface area contributed by atoms with Crippen LogP contribution >= 0.6 is 0 Å². The molecule has 0 saturated carbocycles. The summed E-state index contributed by atoms with van der Waals surface area (Å²) >= 11 is 0. The molecule has 0 aliphatic heterocycles. The lowest BCUT2D eigenvalue weighted by atomic mass is 10.0. The average molecular weight is 241 g/mol. The topological polar surface area (TPSA) is 60.2 Å². The summed E-state index contributed by atoms with van der Waals surface area (Å²) in [4.78, 5) is 0. The highest BCUT2D eigenvalue weighted by atomic mass is 32.2. The molecule has 0 bridgehead atoms. The molecule has 1 rings (SSSR count). The quantitative estimate of drug-likeness (QED) is 0.873. The molecule has 1 unspecified atom stereocenters. The molecule has 0 heterocycles. The van der Waals surface area contributed by atoms with Gasteiger partial charge in [-0.1, -0.05) is 18.2 Å². The summed E-state index contributed by atoms with van der Waals surface area (Å²) in [6.07, 6.45) is 1.71. The zero-order valence-electron chi connectivity index (χ0n) is 10.0. The van der Waals surface area contributed by atoms with Gasteiger partial charge in [-0.05, 0) is 37.0 Å². The maximum Gasteiger partial charge on any atom is 0.147 e. The summed E-state index contributed by atoms with van der Waals surface area (Å²) in [5.74, 6) is 0.140. The molecule has 1 atom stereocenters. The fourth-order valence-corrected chi connectivity index (χ4v) is 2.19. The van der Waals surface area contributed by atoms with Crippen LogP contribution in [-0.4, -0.2) is 20.4 Å². The van der Waals surface area contributed by atoms with E-state index in [4.69, 9.17) is 5.73 Å². The van der Waals surface area contributed by atoms with Gasteiger partial charge in [-0.25, -0.2) is 8.42 Å². The molecule has 0 radical (unpaired) electrons. The van der Waals surface area contributed by atoms with Gasteiger partial charge in [0, 0.05) is 12.3 Å². The molecule has 0 aromatic heterocycles. The minimum absolute atomic E-state index is 0.140. The average Bonchev–Trinajstić information content (AvgIpc) is 2.17. The van der Waals surface area contributed by atoms with Crippen molar-refractivity contribution in [3.63, 3.8) is 0 Å². The third kappa shape index (κ3) is 3.94. The van der Waals surface area contributed by atoms with Crippen LogP contribution in [-0.2, 0) is 9.84 Å². The maximum absolute atomic E-state index is 11.0. The van der Waals surface area contributed by atoms with Gasteiger partial charge in [0.15, 0.2) is 0 Å². The summed E-state index contributed by atoms with van der Waals surface area (Å²) in [7, 11) is -2.93. The van der Waals surface area contributed by atoms with Gasteiger partial charge in [-0.3, -0.25) is 0 Å². The number of aryl methyl sites for hydroxylation is 2. The Morgan fingerprint density at radius 1 is 1.25 bits per heavy atom. The van der Waals surface area contributed by atoms with E-state index >= 15 is 0 Å². The maximum atomic E-state index is 11.0. The molecule has 0 aliphatic carbocycles. The van der Waals surface area contributed by atoms with Crippen molar-refractivity contribution in [2.24, 2.45) is 5.73 Å². The van der Waals surface area contributed by atoms with Crippen LogP contribution in [0.4, 0.5) is 0 Å². The summed E-state index contributed by atoms with van der Waals surface area (Å²) in [5.41, 5.74) is 9.37. The van der Waals surface area contributed by atoms with Gasteiger partial charge >= 0.3 is 0 Å². The van der Waals surface area contributed by atoms with Crippen LogP contribution in [0.25, 0.3) is 0 Å². The molecule has 2 N–H and O–H groups in total. The van der Waals surface area contributed by atoms with E-state index in [2.05, 4.69) is 0 Å². The van der Waals surface area contributed by atoms with E-state index in [1.165, 1.54) is 17.4 Å². The second-order valence-corrected chi connectivity index (χ2v) is 6.63. The second-order valence-electron chi connectivity index (χ2n) is 4.37. The monoisotopic (exact) mass is 241 g/mol. The highest BCUT2D eigenvalue weighted by molar-refractivity contribution is 7.90. The molecule has 0 saturated heterocycles. The van der Waals surface area contributed by atoms with Gasteiger partial charge in [0.1, 0.15) is 9.84 Å². The van der Waals surface area contributed by atoms with Crippen LogP contribution in [0, 0.1) is 13.8 Å². The third-order valence-electron chi connectivity index (χ3n) is 2.76. The van der Waals surface area contributed by atoms with Crippen molar-refractivity contribution in [3.8, 4) is 0 Å². The van der Waals surface area contributed by atoms with E-state index in [0.29, 0.717) is 6.42 Å². The lowest BCUT2D eigenvalue weighted by Crippen LogP contribution is -2.15. The van der Waals surface area contributed by atoms with E-state index < -0.39 is 9.84 Å². The lowest BCUT2D eigenvalue weighted by molar-refractivity contribution is 0.591. The Bertz CT molecular complexity index is 466. The first kappa shape index (κ1) is 13.2. The van der Waals surface area contributed by atoms with Crippen molar-refractivity contribution in [2.75, 3.05) is 12.0 Å². The number of rotatable bonds is 4. The zero-order chi connectivity index (χ0) is 12.3. The fraction of sp³-hybridized carbons (Fsp3) is 0.500. The first-order valence-corrected chi connectivity index (χ1v) is 7.36. The Morgan fingerprint density at radius 3 is 2.38 bits per heavy atom. The highest BCUT2D eigenvalue weighted by Gasteiger charge is 2.10. The summed E-state index contributed by atoms with van der Waals surface area (Å²) < 4.78 is 22.1. The molecule has 1 aromatic carbocycles. The standard InChI is InChI=1S/C12H19NO2S/c1-9-4-5-11(8-10(9)2)12(13)6-7-16(3,14)15/h4-5,8,12H,6-7,13H2,1-3H3. The summed E-state index contributed by atoms with van der Waals surface area (Å²) in [6, 6.07) is 5.82. The Balaban J connectivity index is 2.73. The van der Waals surface area contributed by atoms with E-state index in [0.717, 1.165) is 5.56 Å². The lowest BCUT2D eigenvalue weighted by Gasteiger charge is -2.13. The van der Waals surface area contributed by atoms with Crippen LogP contribution in [0.2, 0.25) is 0 Å². The number of hydrogen-bond donors (Lipinski definition) is 1. The van der Waals surface area contributed by atoms with Crippen molar-refractivity contribution in [1.82, 2.24) is 0 Å². The normalized spacial score (nSPS) is 13.8. The fourth-order valence-electron chi connectivity index (χ4n) is 1.50. The predicted octanol–water partition coefficient (Wildman–Crippen LogP) is 1.74. The molecule has 4 heteroatoms. The first-order valence-electron chi connectivity index (χ1n) is 5.30. The van der Waals surface area contributed by atoms with Gasteiger partial charge in [0.05, 0.1) is 5.75 Å². The van der Waals surface area contributed by atoms with E-state index in [9.17, 15) is 8.42 Å². The van der Waals surface area contributed by atoms with Crippen LogP contribution in [0.1, 0.15) is 29.2 Å². The SMILES string of the molecule is Cc1ccc(C(N)CCS(C)(=O)=O)cc1C. The van der Waals surface area contributed by atoms with E-state index in [-0.39, 0.29) is 11.8 Å². The molecule has 3 nitrogen and oxygen atoms in total. The van der Waals surface area contributed by atoms with Gasteiger partial charge in [-0.15, -0.1) is 0 Å². The zero-order valence-corrected chi connectivity index (χ0v) is 10.8. The Morgan fingerprint density at radius 2 is 1.88 bits per heavy atom. The van der Waals surface area contributed by atoms with Gasteiger partial charge in [0.2, 0.25) is 0 Å². The minimum atomic E-state index is -2.93. The molecular weight excluding hydrogens is 222 g/mol. The van der Waals surface area contributed by atoms with Crippen LogP contribution in [0.15, 0.2) is 18.2 Å². The summed E-state index contributed by atoms with van der Waals surface area (Å²) in [6.45, 7) is 4.07. The van der Waals surface area contributed by atoms with E-state index in [1.807, 2.05) is 32.0 Å². The molecule has 0 fully saturated rings. The Labute approximate surface area is 97.6 Å². The Kier molecular flexibility index (Phi) is 4.10. The Hall–Kier alpha value is -0.870. The summed E-state index contributed by atoms with van der Waals surface area (Å²) in [5, 5.41) is 0. The van der Waals surface area contributed by atoms with Crippen LogP contribution in [0.3, 0.4) is 0 Å². The molecule has 0 spiro atoms. The van der Waals surface area contributed by atoms with Gasteiger partial charge < -0.3 is 5.73 Å².